The maximum absolute atomic E-state index is 12.1. The highest BCUT2D eigenvalue weighted by Gasteiger charge is 2.12. The summed E-state index contributed by atoms with van der Waals surface area (Å²) in [5.41, 5.74) is 1.37. The topological polar surface area (TPSA) is 26.3 Å². The molecule has 0 aliphatic rings. The van der Waals surface area contributed by atoms with Crippen LogP contribution in [-0.4, -0.2) is 12.6 Å². The monoisotopic (exact) mass is 276 g/mol. The molecule has 21 heavy (non-hydrogen) atoms. The highest BCUT2D eigenvalue weighted by atomic mass is 16.5. The summed E-state index contributed by atoms with van der Waals surface area (Å²) in [5.74, 6) is -0.303. The third-order valence-corrected chi connectivity index (χ3v) is 3.59. The third kappa shape index (κ3) is 2.40. The van der Waals surface area contributed by atoms with Crippen LogP contribution in [0.15, 0.2) is 55.1 Å². The summed E-state index contributed by atoms with van der Waals surface area (Å²) < 4.78 is 5.12. The number of ether oxygens (including phenoxy) is 1. The van der Waals surface area contributed by atoms with Crippen molar-refractivity contribution in [3.63, 3.8) is 0 Å². The highest BCUT2D eigenvalue weighted by Crippen LogP contribution is 2.26. The Labute approximate surface area is 123 Å². The van der Waals surface area contributed by atoms with E-state index in [0.29, 0.717) is 12.2 Å². The van der Waals surface area contributed by atoms with E-state index in [0.717, 1.165) is 21.7 Å². The van der Waals surface area contributed by atoms with Crippen molar-refractivity contribution in [2.45, 2.75) is 6.92 Å². The van der Waals surface area contributed by atoms with Gasteiger partial charge in [0, 0.05) is 0 Å². The van der Waals surface area contributed by atoms with Crippen molar-refractivity contribution in [3.8, 4) is 0 Å². The molecule has 0 aromatic heterocycles. The van der Waals surface area contributed by atoms with Gasteiger partial charge < -0.3 is 4.74 Å². The first-order valence-electron chi connectivity index (χ1n) is 6.99. The number of fused-ring (bicyclic) bond motifs is 2. The maximum atomic E-state index is 12.1. The number of rotatable bonds is 3. The van der Waals surface area contributed by atoms with Crippen molar-refractivity contribution in [1.82, 2.24) is 0 Å². The number of benzene rings is 3. The molecule has 0 amide bonds. The van der Waals surface area contributed by atoms with E-state index in [9.17, 15) is 4.79 Å². The van der Waals surface area contributed by atoms with Gasteiger partial charge in [-0.2, -0.15) is 0 Å². The zero-order valence-electron chi connectivity index (χ0n) is 11.9. The standard InChI is InChI=1S/C19H16O2/c1-3-13-9-16-10-14-7-5-6-8-15(14)11-17(16)12-18(13)19(20)21-4-2/h3,5-12H,1,4H2,2H3. The Bertz CT molecular complexity index is 847. The lowest BCUT2D eigenvalue weighted by Crippen LogP contribution is -2.06. The Morgan fingerprint density at radius 2 is 1.67 bits per heavy atom. The third-order valence-electron chi connectivity index (χ3n) is 3.59. The predicted molar refractivity (Wildman–Crippen MR) is 87.5 cm³/mol. The van der Waals surface area contributed by atoms with E-state index in [2.05, 4.69) is 30.8 Å². The van der Waals surface area contributed by atoms with E-state index in [-0.39, 0.29) is 5.97 Å². The summed E-state index contributed by atoms with van der Waals surface area (Å²) in [5, 5.41) is 4.47. The molecule has 0 fully saturated rings. The first kappa shape index (κ1) is 13.4. The molecular formula is C19H16O2. The summed E-state index contributed by atoms with van der Waals surface area (Å²) in [6, 6.07) is 16.3. The minimum Gasteiger partial charge on any atom is -0.462 e. The highest BCUT2D eigenvalue weighted by molar-refractivity contribution is 6.04. The van der Waals surface area contributed by atoms with Crippen molar-refractivity contribution < 1.29 is 9.53 Å². The van der Waals surface area contributed by atoms with Gasteiger partial charge in [0.05, 0.1) is 12.2 Å². The van der Waals surface area contributed by atoms with Crippen LogP contribution in [-0.2, 0) is 4.74 Å². The Morgan fingerprint density at radius 1 is 1.05 bits per heavy atom. The SMILES string of the molecule is C=Cc1cc2cc3ccccc3cc2cc1C(=O)OCC. The zero-order valence-corrected chi connectivity index (χ0v) is 11.9. The van der Waals surface area contributed by atoms with Gasteiger partial charge in [-0.25, -0.2) is 4.79 Å². The van der Waals surface area contributed by atoms with Gasteiger partial charge in [-0.1, -0.05) is 36.9 Å². The van der Waals surface area contributed by atoms with Crippen LogP contribution >= 0.6 is 0 Å². The minimum absolute atomic E-state index is 0.303. The molecule has 3 aromatic carbocycles. The Morgan fingerprint density at radius 3 is 2.24 bits per heavy atom. The van der Waals surface area contributed by atoms with Crippen molar-refractivity contribution in [2.75, 3.05) is 6.61 Å². The van der Waals surface area contributed by atoms with E-state index < -0.39 is 0 Å². The van der Waals surface area contributed by atoms with Crippen LogP contribution in [0.2, 0.25) is 0 Å². The van der Waals surface area contributed by atoms with Crippen LogP contribution in [0.25, 0.3) is 27.6 Å². The second-order valence-corrected chi connectivity index (χ2v) is 4.91. The maximum Gasteiger partial charge on any atom is 0.338 e. The normalized spacial score (nSPS) is 10.7. The Hall–Kier alpha value is -2.61. The molecule has 2 heteroatoms. The molecule has 0 radical (unpaired) electrons. The van der Waals surface area contributed by atoms with Crippen molar-refractivity contribution in [1.29, 1.82) is 0 Å². The molecule has 0 atom stereocenters. The summed E-state index contributed by atoms with van der Waals surface area (Å²) in [4.78, 5) is 12.1. The molecule has 0 unspecified atom stereocenters. The van der Waals surface area contributed by atoms with E-state index in [4.69, 9.17) is 4.74 Å². The largest absolute Gasteiger partial charge is 0.462 e. The molecule has 0 bridgehead atoms. The lowest BCUT2D eigenvalue weighted by Gasteiger charge is -2.09. The van der Waals surface area contributed by atoms with Gasteiger partial charge in [-0.05, 0) is 58.3 Å². The number of carbonyl (C=O) groups excluding carboxylic acids is 1. The molecule has 0 aliphatic heterocycles. The summed E-state index contributed by atoms with van der Waals surface area (Å²) in [7, 11) is 0. The molecular weight excluding hydrogens is 260 g/mol. The molecule has 0 spiro atoms. The van der Waals surface area contributed by atoms with Gasteiger partial charge in [0.15, 0.2) is 0 Å². The molecule has 3 rings (SSSR count). The summed E-state index contributed by atoms with van der Waals surface area (Å²) in [6.45, 7) is 5.97. The van der Waals surface area contributed by atoms with Crippen LogP contribution < -0.4 is 0 Å². The van der Waals surface area contributed by atoms with Gasteiger partial charge >= 0.3 is 5.97 Å². The van der Waals surface area contributed by atoms with Crippen molar-refractivity contribution in [2.24, 2.45) is 0 Å². The number of hydrogen-bond donors (Lipinski definition) is 0. The van der Waals surface area contributed by atoms with E-state index in [1.54, 1.807) is 13.0 Å². The van der Waals surface area contributed by atoms with Gasteiger partial charge in [0.2, 0.25) is 0 Å². The second kappa shape index (κ2) is 5.41. The van der Waals surface area contributed by atoms with Crippen LogP contribution in [0, 0.1) is 0 Å². The predicted octanol–water partition coefficient (Wildman–Crippen LogP) is 4.81. The average molecular weight is 276 g/mol. The fraction of sp³-hybridized carbons (Fsp3) is 0.105. The zero-order chi connectivity index (χ0) is 14.8. The minimum atomic E-state index is -0.303. The van der Waals surface area contributed by atoms with E-state index in [1.807, 2.05) is 24.3 Å². The molecule has 0 aliphatic carbocycles. The summed E-state index contributed by atoms with van der Waals surface area (Å²) >= 11 is 0. The second-order valence-electron chi connectivity index (χ2n) is 4.91. The number of hydrogen-bond acceptors (Lipinski definition) is 2. The lowest BCUT2D eigenvalue weighted by atomic mass is 9.98. The quantitative estimate of drug-likeness (QED) is 0.506. The van der Waals surface area contributed by atoms with E-state index in [1.165, 1.54) is 5.39 Å². The first-order valence-corrected chi connectivity index (χ1v) is 6.99. The van der Waals surface area contributed by atoms with Gasteiger partial charge in [0.1, 0.15) is 0 Å². The molecule has 0 saturated carbocycles. The smallest absolute Gasteiger partial charge is 0.338 e. The number of esters is 1. The van der Waals surface area contributed by atoms with Crippen molar-refractivity contribution >= 4 is 33.6 Å². The Balaban J connectivity index is 2.27. The molecule has 0 heterocycles. The summed E-state index contributed by atoms with van der Waals surface area (Å²) in [6.07, 6.45) is 1.70. The fourth-order valence-electron chi connectivity index (χ4n) is 2.56. The lowest BCUT2D eigenvalue weighted by molar-refractivity contribution is 0.0526. The fourth-order valence-corrected chi connectivity index (χ4v) is 2.56. The van der Waals surface area contributed by atoms with Crippen LogP contribution in [0.1, 0.15) is 22.8 Å². The molecule has 0 N–H and O–H groups in total. The van der Waals surface area contributed by atoms with Crippen LogP contribution in [0.3, 0.4) is 0 Å². The van der Waals surface area contributed by atoms with Gasteiger partial charge in [-0.3, -0.25) is 0 Å². The van der Waals surface area contributed by atoms with Crippen LogP contribution in [0.4, 0.5) is 0 Å². The average Bonchev–Trinajstić information content (AvgIpc) is 2.51. The molecule has 0 saturated heterocycles. The van der Waals surface area contributed by atoms with Gasteiger partial charge in [-0.15, -0.1) is 0 Å². The van der Waals surface area contributed by atoms with Crippen molar-refractivity contribution in [3.05, 3.63) is 66.2 Å². The Kier molecular flexibility index (Phi) is 3.44. The molecule has 3 aromatic rings. The van der Waals surface area contributed by atoms with Crippen LogP contribution in [0.5, 0.6) is 0 Å². The number of carbonyl (C=O) groups is 1. The molecule has 104 valence electrons. The molecule has 2 nitrogen and oxygen atoms in total. The van der Waals surface area contributed by atoms with Gasteiger partial charge in [0.25, 0.3) is 0 Å². The first-order chi connectivity index (χ1) is 10.2. The van der Waals surface area contributed by atoms with E-state index >= 15 is 0 Å².